The van der Waals surface area contributed by atoms with Gasteiger partial charge in [0.1, 0.15) is 0 Å². The number of ether oxygens (including phenoxy) is 1. The van der Waals surface area contributed by atoms with Crippen molar-refractivity contribution in [2.45, 2.75) is 46.7 Å². The third kappa shape index (κ3) is 4.82. The lowest BCUT2D eigenvalue weighted by molar-refractivity contribution is -0.160. The van der Waals surface area contributed by atoms with Gasteiger partial charge in [0.25, 0.3) is 0 Å². The highest BCUT2D eigenvalue weighted by atomic mass is 31.2. The second-order valence-corrected chi connectivity index (χ2v) is 7.24. The van der Waals surface area contributed by atoms with Crippen LogP contribution >= 0.6 is 7.60 Å². The van der Waals surface area contributed by atoms with Crippen molar-refractivity contribution in [3.8, 4) is 0 Å². The summed E-state index contributed by atoms with van der Waals surface area (Å²) in [6.07, 6.45) is 0.0166. The Morgan fingerprint density at radius 3 is 2.21 bits per heavy atom. The first-order valence-corrected chi connectivity index (χ1v) is 7.46. The highest BCUT2D eigenvalue weighted by Crippen LogP contribution is 2.61. The van der Waals surface area contributed by atoms with Crippen molar-refractivity contribution in [2.24, 2.45) is 11.3 Å². The summed E-state index contributed by atoms with van der Waals surface area (Å²) in [5.74, 6) is -2.03. The lowest BCUT2D eigenvalue weighted by Crippen LogP contribution is -2.28. The predicted molar refractivity (Wildman–Crippen MR) is 65.7 cm³/mol. The van der Waals surface area contributed by atoms with Crippen molar-refractivity contribution in [1.29, 1.82) is 0 Å². The van der Waals surface area contributed by atoms with Crippen LogP contribution in [0.25, 0.3) is 0 Å². The Bertz CT molecular complexity index is 365. The molecule has 0 aliphatic heterocycles. The van der Waals surface area contributed by atoms with E-state index in [1.54, 1.807) is 20.8 Å². The molecule has 19 heavy (non-hydrogen) atoms. The van der Waals surface area contributed by atoms with Crippen LogP contribution in [0.5, 0.6) is 0 Å². The van der Waals surface area contributed by atoms with Gasteiger partial charge in [-0.2, -0.15) is 8.78 Å². The monoisotopic (exact) mass is 302 g/mol. The maximum absolute atomic E-state index is 13.6. The SMILES string of the molecule is CCC(C)C(F)(F)P(=O)(O)OCOC(=O)C(C)(C)C. The molecule has 114 valence electrons. The molecule has 0 spiro atoms. The first kappa shape index (κ1) is 18.5. The molecular weight excluding hydrogens is 281 g/mol. The number of carbonyl (C=O) groups excluding carboxylic acids is 1. The van der Waals surface area contributed by atoms with Gasteiger partial charge in [-0.05, 0) is 27.2 Å². The molecule has 0 bridgehead atoms. The molecule has 1 N–H and O–H groups in total. The largest absolute Gasteiger partial charge is 0.438 e. The number of halogens is 2. The zero-order valence-corrected chi connectivity index (χ0v) is 12.7. The minimum Gasteiger partial charge on any atom is -0.438 e. The summed E-state index contributed by atoms with van der Waals surface area (Å²) in [6.45, 7) is 6.31. The minimum absolute atomic E-state index is 0.0166. The number of hydrogen-bond acceptors (Lipinski definition) is 4. The van der Waals surface area contributed by atoms with Crippen LogP contribution in [0, 0.1) is 11.3 Å². The van der Waals surface area contributed by atoms with Gasteiger partial charge in [0.05, 0.1) is 5.41 Å². The van der Waals surface area contributed by atoms with Gasteiger partial charge >= 0.3 is 19.2 Å². The Labute approximate surface area is 111 Å². The maximum Gasteiger partial charge on any atom is 0.400 e. The molecule has 2 atom stereocenters. The third-order valence-electron chi connectivity index (χ3n) is 2.61. The topological polar surface area (TPSA) is 72.8 Å². The van der Waals surface area contributed by atoms with Crippen LogP contribution in [-0.2, 0) is 18.6 Å². The molecule has 0 aliphatic rings. The van der Waals surface area contributed by atoms with E-state index in [0.29, 0.717) is 0 Å². The smallest absolute Gasteiger partial charge is 0.400 e. The molecule has 8 heteroatoms. The molecular formula is C11H21F2O5P. The molecule has 0 saturated carbocycles. The Morgan fingerprint density at radius 1 is 1.37 bits per heavy atom. The van der Waals surface area contributed by atoms with Crippen molar-refractivity contribution < 1.29 is 32.3 Å². The van der Waals surface area contributed by atoms with Crippen LogP contribution in [-0.4, -0.2) is 23.3 Å². The van der Waals surface area contributed by atoms with Gasteiger partial charge in [0.2, 0.25) is 6.79 Å². The fourth-order valence-corrected chi connectivity index (χ4v) is 2.09. The number of carbonyl (C=O) groups is 1. The van der Waals surface area contributed by atoms with E-state index < -0.39 is 37.4 Å². The third-order valence-corrected chi connectivity index (χ3v) is 4.26. The minimum atomic E-state index is -5.19. The van der Waals surface area contributed by atoms with E-state index in [4.69, 9.17) is 0 Å². The molecule has 0 amide bonds. The average Bonchev–Trinajstić information content (AvgIpc) is 2.25. The Kier molecular flexibility index (Phi) is 6.11. The quantitative estimate of drug-likeness (QED) is 0.462. The Balaban J connectivity index is 4.56. The van der Waals surface area contributed by atoms with E-state index in [2.05, 4.69) is 9.26 Å². The van der Waals surface area contributed by atoms with Gasteiger partial charge in [-0.25, -0.2) is 0 Å². The van der Waals surface area contributed by atoms with E-state index in [-0.39, 0.29) is 6.42 Å². The van der Waals surface area contributed by atoms with E-state index >= 15 is 0 Å². The Morgan fingerprint density at radius 2 is 1.84 bits per heavy atom. The second-order valence-electron chi connectivity index (χ2n) is 5.35. The van der Waals surface area contributed by atoms with Crippen molar-refractivity contribution in [1.82, 2.24) is 0 Å². The van der Waals surface area contributed by atoms with E-state index in [1.807, 2.05) is 0 Å². The summed E-state index contributed by atoms with van der Waals surface area (Å²) in [5.41, 5.74) is -4.72. The van der Waals surface area contributed by atoms with Gasteiger partial charge in [0, 0.05) is 5.92 Å². The first-order chi connectivity index (χ1) is 8.36. The number of rotatable bonds is 6. The maximum atomic E-state index is 13.6. The van der Waals surface area contributed by atoms with Gasteiger partial charge in [-0.1, -0.05) is 13.8 Å². The zero-order chi connectivity index (χ0) is 15.5. The van der Waals surface area contributed by atoms with Crippen LogP contribution in [0.15, 0.2) is 0 Å². The summed E-state index contributed by atoms with van der Waals surface area (Å²) < 4.78 is 47.3. The van der Waals surface area contributed by atoms with E-state index in [1.165, 1.54) is 6.92 Å². The van der Waals surface area contributed by atoms with Crippen LogP contribution in [0.1, 0.15) is 41.0 Å². The molecule has 5 nitrogen and oxygen atoms in total. The molecule has 0 aromatic rings. The molecule has 0 heterocycles. The standard InChI is InChI=1S/C11H21F2O5P/c1-6-8(2)11(12,13)19(15,16)18-7-17-9(14)10(3,4)5/h8H,6-7H2,1-5H3,(H,15,16). The summed E-state index contributed by atoms with van der Waals surface area (Å²) in [4.78, 5) is 20.6. The lowest BCUT2D eigenvalue weighted by atomic mass is 9.98. The molecule has 2 unspecified atom stereocenters. The highest BCUT2D eigenvalue weighted by molar-refractivity contribution is 7.54. The number of alkyl halides is 2. The molecule has 0 saturated heterocycles. The fourth-order valence-electron chi connectivity index (χ4n) is 0.978. The van der Waals surface area contributed by atoms with Crippen molar-refractivity contribution in [3.05, 3.63) is 0 Å². The zero-order valence-electron chi connectivity index (χ0n) is 11.8. The van der Waals surface area contributed by atoms with Crippen LogP contribution in [0.4, 0.5) is 8.78 Å². The van der Waals surface area contributed by atoms with Crippen LogP contribution < -0.4 is 0 Å². The van der Waals surface area contributed by atoms with Crippen molar-refractivity contribution >= 4 is 13.6 Å². The summed E-state index contributed by atoms with van der Waals surface area (Å²) in [7, 11) is -5.19. The van der Waals surface area contributed by atoms with Gasteiger partial charge < -0.3 is 9.63 Å². The summed E-state index contributed by atoms with van der Waals surface area (Å²) in [6, 6.07) is 0. The van der Waals surface area contributed by atoms with Gasteiger partial charge in [-0.15, -0.1) is 0 Å². The van der Waals surface area contributed by atoms with E-state index in [0.717, 1.165) is 6.92 Å². The number of esters is 1. The summed E-state index contributed by atoms with van der Waals surface area (Å²) in [5, 5.41) is 0. The molecule has 0 aromatic carbocycles. The lowest BCUT2D eigenvalue weighted by Gasteiger charge is -2.26. The van der Waals surface area contributed by atoms with E-state index in [9.17, 15) is 23.0 Å². The molecule has 0 fully saturated rings. The van der Waals surface area contributed by atoms with Gasteiger partial charge in [-0.3, -0.25) is 13.9 Å². The summed E-state index contributed by atoms with van der Waals surface area (Å²) >= 11 is 0. The molecule has 0 aliphatic carbocycles. The molecule has 0 rings (SSSR count). The van der Waals surface area contributed by atoms with Crippen LogP contribution in [0.3, 0.4) is 0 Å². The normalized spacial score (nSPS) is 17.7. The van der Waals surface area contributed by atoms with Crippen LogP contribution in [0.2, 0.25) is 0 Å². The van der Waals surface area contributed by atoms with Crippen molar-refractivity contribution in [3.63, 3.8) is 0 Å². The average molecular weight is 302 g/mol. The Hall–Kier alpha value is -0.520. The van der Waals surface area contributed by atoms with Gasteiger partial charge in [0.15, 0.2) is 0 Å². The predicted octanol–water partition coefficient (Wildman–Crippen LogP) is 3.37. The molecule has 0 aromatic heterocycles. The molecule has 0 radical (unpaired) electrons. The second kappa shape index (κ2) is 6.29. The fraction of sp³-hybridized carbons (Fsp3) is 0.909. The highest BCUT2D eigenvalue weighted by Gasteiger charge is 2.54. The number of hydrogen-bond donors (Lipinski definition) is 1. The van der Waals surface area contributed by atoms with Crippen molar-refractivity contribution in [2.75, 3.05) is 6.79 Å². The first-order valence-electron chi connectivity index (χ1n) is 5.88.